The van der Waals surface area contributed by atoms with Crippen LogP contribution in [0, 0.1) is 11.8 Å². The maximum absolute atomic E-state index is 3.82. The summed E-state index contributed by atoms with van der Waals surface area (Å²) in [5, 5.41) is 0. The molecule has 0 radical (unpaired) electrons. The van der Waals surface area contributed by atoms with E-state index in [1.165, 1.54) is 84.3 Å². The van der Waals surface area contributed by atoms with Gasteiger partial charge in [0, 0.05) is 14.4 Å². The second kappa shape index (κ2) is 11.5. The Kier molecular flexibility index (Phi) is 9.29. The van der Waals surface area contributed by atoms with Gasteiger partial charge in [0.05, 0.1) is 0 Å². The van der Waals surface area contributed by atoms with Crippen LogP contribution in [0.5, 0.6) is 0 Å². The van der Waals surface area contributed by atoms with E-state index in [-0.39, 0.29) is 5.41 Å². The molecule has 0 spiro atoms. The minimum Gasteiger partial charge on any atom is -0.0654 e. The van der Waals surface area contributed by atoms with Crippen molar-refractivity contribution >= 4 is 31.9 Å². The maximum atomic E-state index is 3.82. The average Bonchev–Trinajstić information content (AvgIpc) is 3.02. The molecule has 1 aliphatic carbocycles. The van der Waals surface area contributed by atoms with Gasteiger partial charge in [0.15, 0.2) is 0 Å². The summed E-state index contributed by atoms with van der Waals surface area (Å²) in [4.78, 5) is 0. The average molecular weight is 548 g/mol. The number of fused-ring (bicyclic) bond motifs is 3. The van der Waals surface area contributed by atoms with E-state index in [1.807, 2.05) is 0 Å². The summed E-state index contributed by atoms with van der Waals surface area (Å²) in [5.74, 6) is 1.56. The maximum Gasteiger partial charge on any atom is 0.0221 e. The second-order valence-electron chi connectivity index (χ2n) is 9.70. The van der Waals surface area contributed by atoms with Gasteiger partial charge in [-0.1, -0.05) is 123 Å². The van der Waals surface area contributed by atoms with Crippen LogP contribution in [0.1, 0.15) is 103 Å². The molecule has 0 aromatic heterocycles. The Morgan fingerprint density at radius 1 is 0.677 bits per heavy atom. The monoisotopic (exact) mass is 546 g/mol. The lowest BCUT2D eigenvalue weighted by molar-refractivity contribution is 0.266. The highest BCUT2D eigenvalue weighted by Crippen LogP contribution is 2.57. The molecule has 0 amide bonds. The first kappa shape index (κ1) is 25.0. The van der Waals surface area contributed by atoms with E-state index in [0.717, 1.165) is 11.8 Å². The summed E-state index contributed by atoms with van der Waals surface area (Å²) in [6.07, 6.45) is 13.1. The van der Waals surface area contributed by atoms with Crippen molar-refractivity contribution in [2.45, 2.75) is 97.3 Å². The molecule has 0 aliphatic heterocycles. The van der Waals surface area contributed by atoms with Gasteiger partial charge in [0.25, 0.3) is 0 Å². The third-order valence-corrected chi connectivity index (χ3v) is 8.63. The zero-order valence-corrected chi connectivity index (χ0v) is 23.1. The molecule has 2 heteroatoms. The van der Waals surface area contributed by atoms with Crippen molar-refractivity contribution in [1.29, 1.82) is 0 Å². The molecular formula is C29H40Br2. The number of hydrogen-bond donors (Lipinski definition) is 0. The number of benzene rings is 2. The van der Waals surface area contributed by atoms with Crippen LogP contribution in [0.2, 0.25) is 0 Å². The van der Waals surface area contributed by atoms with Crippen molar-refractivity contribution in [1.82, 2.24) is 0 Å². The number of unbranched alkanes of at least 4 members (excludes halogenated alkanes) is 2. The first-order valence-corrected chi connectivity index (χ1v) is 14.2. The highest BCUT2D eigenvalue weighted by molar-refractivity contribution is 9.10. The normalized spacial score (nSPS) is 16.1. The Bertz CT molecular complexity index is 782. The van der Waals surface area contributed by atoms with Crippen LogP contribution >= 0.6 is 31.9 Å². The zero-order valence-electron chi connectivity index (χ0n) is 19.9. The standard InChI is InChI=1S/C29H40Br2/c1-5-9-11-21(7-3)19-29(20-22(8-4)12-10-6-2)27-17-23(30)13-15-25(27)26-16-14-24(31)18-28(26)29/h13-18,21-22H,5-12,19-20H2,1-4H3/t21-,22+. The van der Waals surface area contributed by atoms with Crippen LogP contribution < -0.4 is 0 Å². The minimum absolute atomic E-state index is 0.126. The Balaban J connectivity index is 2.16. The predicted molar refractivity (Wildman–Crippen MR) is 144 cm³/mol. The summed E-state index contributed by atoms with van der Waals surface area (Å²) in [7, 11) is 0. The number of rotatable bonds is 12. The van der Waals surface area contributed by atoms with Gasteiger partial charge < -0.3 is 0 Å². The molecule has 170 valence electrons. The van der Waals surface area contributed by atoms with Crippen molar-refractivity contribution in [3.05, 3.63) is 56.5 Å². The zero-order chi connectivity index (χ0) is 22.4. The first-order chi connectivity index (χ1) is 15.0. The van der Waals surface area contributed by atoms with E-state index in [9.17, 15) is 0 Å². The lowest BCUT2D eigenvalue weighted by Crippen LogP contribution is -2.31. The van der Waals surface area contributed by atoms with E-state index < -0.39 is 0 Å². The van der Waals surface area contributed by atoms with E-state index in [0.29, 0.717) is 0 Å². The van der Waals surface area contributed by atoms with E-state index in [1.54, 1.807) is 11.1 Å². The van der Waals surface area contributed by atoms with E-state index in [2.05, 4.69) is 96.0 Å². The second-order valence-corrected chi connectivity index (χ2v) is 11.5. The Morgan fingerprint density at radius 3 is 1.45 bits per heavy atom. The fourth-order valence-corrected chi connectivity index (χ4v) is 6.56. The first-order valence-electron chi connectivity index (χ1n) is 12.6. The highest BCUT2D eigenvalue weighted by atomic mass is 79.9. The molecule has 2 atom stereocenters. The molecule has 0 fully saturated rings. The van der Waals surface area contributed by atoms with Crippen molar-refractivity contribution in [2.24, 2.45) is 11.8 Å². The largest absolute Gasteiger partial charge is 0.0654 e. The molecule has 0 nitrogen and oxygen atoms in total. The topological polar surface area (TPSA) is 0 Å². The van der Waals surface area contributed by atoms with Crippen molar-refractivity contribution in [3.8, 4) is 11.1 Å². The quantitative estimate of drug-likeness (QED) is 0.248. The van der Waals surface area contributed by atoms with Crippen LogP contribution in [0.15, 0.2) is 45.3 Å². The van der Waals surface area contributed by atoms with Gasteiger partial charge in [-0.3, -0.25) is 0 Å². The molecule has 2 aromatic rings. The fraction of sp³-hybridized carbons (Fsp3) is 0.586. The van der Waals surface area contributed by atoms with Crippen molar-refractivity contribution < 1.29 is 0 Å². The molecule has 0 unspecified atom stereocenters. The van der Waals surface area contributed by atoms with Gasteiger partial charge in [-0.15, -0.1) is 0 Å². The predicted octanol–water partition coefficient (Wildman–Crippen LogP) is 10.7. The van der Waals surface area contributed by atoms with Crippen LogP contribution in [0.4, 0.5) is 0 Å². The molecular weight excluding hydrogens is 508 g/mol. The minimum atomic E-state index is 0.126. The van der Waals surface area contributed by atoms with Crippen LogP contribution in [0.25, 0.3) is 11.1 Å². The Morgan fingerprint density at radius 2 is 1.10 bits per heavy atom. The van der Waals surface area contributed by atoms with Gasteiger partial charge >= 0.3 is 0 Å². The Hall–Kier alpha value is -0.600. The van der Waals surface area contributed by atoms with Gasteiger partial charge in [0.2, 0.25) is 0 Å². The van der Waals surface area contributed by atoms with Gasteiger partial charge in [-0.05, 0) is 71.2 Å². The molecule has 2 aromatic carbocycles. The van der Waals surface area contributed by atoms with E-state index >= 15 is 0 Å². The molecule has 1 aliphatic rings. The van der Waals surface area contributed by atoms with E-state index in [4.69, 9.17) is 0 Å². The molecule has 3 rings (SSSR count). The lowest BCUT2D eigenvalue weighted by atomic mass is 9.65. The molecule has 0 saturated carbocycles. The SMILES string of the molecule is CCCC[C@@H](CC)CC1(C[C@@H](CC)CCCC)c2cc(Br)ccc2-c2ccc(Br)cc21. The van der Waals surface area contributed by atoms with Crippen molar-refractivity contribution in [3.63, 3.8) is 0 Å². The summed E-state index contributed by atoms with van der Waals surface area (Å²) >= 11 is 7.63. The summed E-state index contributed by atoms with van der Waals surface area (Å²) < 4.78 is 2.43. The summed E-state index contributed by atoms with van der Waals surface area (Å²) in [5.41, 5.74) is 6.18. The van der Waals surface area contributed by atoms with Gasteiger partial charge in [0.1, 0.15) is 0 Å². The van der Waals surface area contributed by atoms with Gasteiger partial charge in [-0.25, -0.2) is 0 Å². The van der Waals surface area contributed by atoms with Crippen LogP contribution in [-0.2, 0) is 5.41 Å². The molecule has 0 N–H and O–H groups in total. The molecule has 31 heavy (non-hydrogen) atoms. The molecule has 0 bridgehead atoms. The lowest BCUT2D eigenvalue weighted by Gasteiger charge is -2.38. The molecule has 0 saturated heterocycles. The Labute approximate surface area is 207 Å². The van der Waals surface area contributed by atoms with Crippen LogP contribution in [-0.4, -0.2) is 0 Å². The third kappa shape index (κ3) is 5.49. The molecule has 0 heterocycles. The smallest absolute Gasteiger partial charge is 0.0221 e. The number of hydrogen-bond acceptors (Lipinski definition) is 0. The summed E-state index contributed by atoms with van der Waals surface area (Å²) in [6.45, 7) is 9.46. The highest BCUT2D eigenvalue weighted by Gasteiger charge is 2.45. The van der Waals surface area contributed by atoms with Gasteiger partial charge in [-0.2, -0.15) is 0 Å². The third-order valence-electron chi connectivity index (χ3n) is 7.65. The fourth-order valence-electron chi connectivity index (χ4n) is 5.84. The van der Waals surface area contributed by atoms with Crippen LogP contribution in [0.3, 0.4) is 0 Å². The number of halogens is 2. The van der Waals surface area contributed by atoms with Crippen molar-refractivity contribution in [2.75, 3.05) is 0 Å². The summed E-state index contributed by atoms with van der Waals surface area (Å²) in [6, 6.07) is 14.1.